The minimum atomic E-state index is -4.46. The summed E-state index contributed by atoms with van der Waals surface area (Å²) in [4.78, 5) is 12.0. The minimum Gasteiger partial charge on any atom is -0.288 e. The van der Waals surface area contributed by atoms with E-state index in [2.05, 4.69) is 9.59 Å². The van der Waals surface area contributed by atoms with Gasteiger partial charge in [-0.2, -0.15) is 13.2 Å². The second-order valence-corrected chi connectivity index (χ2v) is 3.98. The van der Waals surface area contributed by atoms with Crippen molar-refractivity contribution in [3.63, 3.8) is 0 Å². The van der Waals surface area contributed by atoms with Gasteiger partial charge in [0.1, 0.15) is 4.88 Å². The molecule has 0 aliphatic heterocycles. The van der Waals surface area contributed by atoms with Gasteiger partial charge in [-0.05, 0) is 23.7 Å². The quantitative estimate of drug-likeness (QED) is 0.778. The third-order valence-electron chi connectivity index (χ3n) is 2.04. The first-order valence-corrected chi connectivity index (χ1v) is 5.25. The number of alkyl halides is 3. The number of aromatic nitrogens is 2. The number of carbonyl (C=O) groups is 1. The van der Waals surface area contributed by atoms with E-state index < -0.39 is 17.5 Å². The van der Waals surface area contributed by atoms with Gasteiger partial charge >= 0.3 is 6.18 Å². The molecular weight excluding hydrogens is 253 g/mol. The highest BCUT2D eigenvalue weighted by molar-refractivity contribution is 7.08. The lowest BCUT2D eigenvalue weighted by molar-refractivity contribution is -0.137. The van der Waals surface area contributed by atoms with E-state index in [4.69, 9.17) is 0 Å². The monoisotopic (exact) mass is 258 g/mol. The number of halogens is 3. The zero-order valence-corrected chi connectivity index (χ0v) is 9.05. The molecule has 0 N–H and O–H groups in total. The normalized spacial score (nSPS) is 11.5. The molecule has 1 heterocycles. The van der Waals surface area contributed by atoms with Crippen molar-refractivity contribution in [3.8, 4) is 0 Å². The maximum atomic E-state index is 12.4. The Morgan fingerprint density at radius 1 is 1.29 bits per heavy atom. The molecule has 0 spiro atoms. The minimum absolute atomic E-state index is 0.0223. The van der Waals surface area contributed by atoms with Crippen LogP contribution in [0.1, 0.15) is 20.8 Å². The molecule has 0 aliphatic carbocycles. The molecule has 0 bridgehead atoms. The van der Waals surface area contributed by atoms with Crippen LogP contribution in [0.2, 0.25) is 0 Å². The van der Waals surface area contributed by atoms with E-state index >= 15 is 0 Å². The van der Waals surface area contributed by atoms with Crippen LogP contribution < -0.4 is 0 Å². The lowest BCUT2D eigenvalue weighted by Crippen LogP contribution is -2.07. The highest BCUT2D eigenvalue weighted by Gasteiger charge is 2.31. The lowest BCUT2D eigenvalue weighted by atomic mass is 10.1. The molecule has 2 aromatic rings. The largest absolute Gasteiger partial charge is 0.416 e. The summed E-state index contributed by atoms with van der Waals surface area (Å²) in [6.07, 6.45) is -3.23. The Kier molecular flexibility index (Phi) is 2.93. The molecular formula is C10H5F3N2OS. The van der Waals surface area contributed by atoms with Crippen LogP contribution in [0, 0.1) is 0 Å². The first-order valence-electron chi connectivity index (χ1n) is 4.48. The molecule has 2 rings (SSSR count). The molecule has 0 saturated heterocycles. The zero-order valence-electron chi connectivity index (χ0n) is 8.23. The van der Waals surface area contributed by atoms with Gasteiger partial charge in [-0.25, -0.2) is 0 Å². The van der Waals surface area contributed by atoms with E-state index in [0.29, 0.717) is 0 Å². The molecule has 7 heteroatoms. The van der Waals surface area contributed by atoms with Crippen molar-refractivity contribution in [1.29, 1.82) is 0 Å². The second kappa shape index (κ2) is 4.25. The van der Waals surface area contributed by atoms with Crippen LogP contribution in [0.25, 0.3) is 0 Å². The fraction of sp³-hybridized carbons (Fsp3) is 0.100. The Bertz CT molecular complexity index is 537. The maximum absolute atomic E-state index is 12.4. The Balaban J connectivity index is 2.38. The first kappa shape index (κ1) is 11.7. The van der Waals surface area contributed by atoms with Crippen molar-refractivity contribution < 1.29 is 18.0 Å². The maximum Gasteiger partial charge on any atom is 0.416 e. The standard InChI is InChI=1S/C10H5F3N2OS/c11-10(12,13)7-3-1-2-6(4-7)9(16)8-5-14-15-17-8/h1-5H. The highest BCUT2D eigenvalue weighted by Crippen LogP contribution is 2.30. The van der Waals surface area contributed by atoms with E-state index in [1.54, 1.807) is 0 Å². The van der Waals surface area contributed by atoms with Crippen molar-refractivity contribution in [1.82, 2.24) is 9.59 Å². The van der Waals surface area contributed by atoms with Crippen LogP contribution in [0.3, 0.4) is 0 Å². The van der Waals surface area contributed by atoms with Gasteiger partial charge in [0.2, 0.25) is 5.78 Å². The molecule has 3 nitrogen and oxygen atoms in total. The molecule has 0 saturated carbocycles. The van der Waals surface area contributed by atoms with E-state index in [-0.39, 0.29) is 10.4 Å². The van der Waals surface area contributed by atoms with E-state index in [1.807, 2.05) is 0 Å². The summed E-state index contributed by atoms with van der Waals surface area (Å²) >= 11 is 0.847. The molecule has 0 atom stereocenters. The van der Waals surface area contributed by atoms with Crippen LogP contribution >= 0.6 is 11.5 Å². The van der Waals surface area contributed by atoms with Crippen molar-refractivity contribution in [2.45, 2.75) is 6.18 Å². The molecule has 0 aliphatic rings. The average molecular weight is 258 g/mol. The van der Waals surface area contributed by atoms with E-state index in [1.165, 1.54) is 18.3 Å². The van der Waals surface area contributed by atoms with Crippen LogP contribution in [0.15, 0.2) is 30.5 Å². The number of hydrogen-bond acceptors (Lipinski definition) is 4. The Labute approximate surface area is 98.1 Å². The van der Waals surface area contributed by atoms with E-state index in [9.17, 15) is 18.0 Å². The van der Waals surface area contributed by atoms with Crippen LogP contribution in [-0.4, -0.2) is 15.4 Å². The van der Waals surface area contributed by atoms with Gasteiger partial charge in [0.15, 0.2) is 0 Å². The molecule has 1 aromatic carbocycles. The Morgan fingerprint density at radius 3 is 2.65 bits per heavy atom. The predicted octanol–water partition coefficient (Wildman–Crippen LogP) is 2.79. The molecule has 1 aromatic heterocycles. The fourth-order valence-corrected chi connectivity index (χ4v) is 1.72. The molecule has 0 amide bonds. The third-order valence-corrected chi connectivity index (χ3v) is 2.70. The van der Waals surface area contributed by atoms with Gasteiger partial charge < -0.3 is 0 Å². The molecule has 88 valence electrons. The SMILES string of the molecule is O=C(c1cccc(C(F)(F)F)c1)c1cnns1. The van der Waals surface area contributed by atoms with Crippen LogP contribution in [-0.2, 0) is 6.18 Å². The first-order chi connectivity index (χ1) is 7.98. The van der Waals surface area contributed by atoms with Gasteiger partial charge in [-0.15, -0.1) is 5.10 Å². The van der Waals surface area contributed by atoms with Crippen LogP contribution in [0.5, 0.6) is 0 Å². The summed E-state index contributed by atoms with van der Waals surface area (Å²) < 4.78 is 40.8. The summed E-state index contributed by atoms with van der Waals surface area (Å²) in [6, 6.07) is 4.27. The van der Waals surface area contributed by atoms with Gasteiger partial charge in [0.05, 0.1) is 11.8 Å². The Morgan fingerprint density at radius 2 is 2.06 bits per heavy atom. The van der Waals surface area contributed by atoms with Crippen molar-refractivity contribution in [2.24, 2.45) is 0 Å². The number of rotatable bonds is 2. The van der Waals surface area contributed by atoms with Gasteiger partial charge in [-0.1, -0.05) is 16.6 Å². The summed E-state index contributed by atoms with van der Waals surface area (Å²) in [5.41, 5.74) is -0.869. The van der Waals surface area contributed by atoms with Crippen molar-refractivity contribution in [3.05, 3.63) is 46.5 Å². The van der Waals surface area contributed by atoms with Crippen molar-refractivity contribution in [2.75, 3.05) is 0 Å². The number of nitrogens with zero attached hydrogens (tertiary/aromatic N) is 2. The highest BCUT2D eigenvalue weighted by atomic mass is 32.1. The Hall–Kier alpha value is -1.76. The van der Waals surface area contributed by atoms with Gasteiger partial charge in [0.25, 0.3) is 0 Å². The molecule has 17 heavy (non-hydrogen) atoms. The third kappa shape index (κ3) is 2.50. The van der Waals surface area contributed by atoms with Crippen LogP contribution in [0.4, 0.5) is 13.2 Å². The van der Waals surface area contributed by atoms with Crippen molar-refractivity contribution >= 4 is 17.3 Å². The summed E-state index contributed by atoms with van der Waals surface area (Å²) in [6.45, 7) is 0. The summed E-state index contributed by atoms with van der Waals surface area (Å²) in [7, 11) is 0. The van der Waals surface area contributed by atoms with Gasteiger partial charge in [-0.3, -0.25) is 4.79 Å². The second-order valence-electron chi connectivity index (χ2n) is 3.19. The number of ketones is 1. The average Bonchev–Trinajstić information content (AvgIpc) is 2.80. The van der Waals surface area contributed by atoms with Gasteiger partial charge in [0, 0.05) is 5.56 Å². The molecule has 0 unspecified atom stereocenters. The number of benzene rings is 1. The summed E-state index contributed by atoms with van der Waals surface area (Å²) in [5, 5.41) is 3.47. The smallest absolute Gasteiger partial charge is 0.288 e. The predicted molar refractivity (Wildman–Crippen MR) is 54.8 cm³/mol. The molecule has 0 radical (unpaired) electrons. The number of carbonyl (C=O) groups excluding carboxylic acids is 1. The topological polar surface area (TPSA) is 42.9 Å². The fourth-order valence-electron chi connectivity index (χ4n) is 1.25. The lowest BCUT2D eigenvalue weighted by Gasteiger charge is -2.07. The summed E-state index contributed by atoms with van der Waals surface area (Å²) in [5.74, 6) is -0.508. The number of hydrogen-bond donors (Lipinski definition) is 0. The zero-order chi connectivity index (χ0) is 12.5. The molecule has 0 fully saturated rings. The van der Waals surface area contributed by atoms with E-state index in [0.717, 1.165) is 23.7 Å².